The standard InChI is InChI=1S/C17H17NO3/c1-2-18(16(19)13-10-14(13)17(20)21)15-9-5-7-11-6-3-4-8-12(11)15/h3-9,13-14H,2,10H2,1H3,(H,20,21)/t13-,14+/m1/s1. The second-order valence-corrected chi connectivity index (χ2v) is 5.37. The molecule has 1 fully saturated rings. The number of anilines is 1. The summed E-state index contributed by atoms with van der Waals surface area (Å²) in [7, 11) is 0. The number of hydrogen-bond donors (Lipinski definition) is 1. The fourth-order valence-electron chi connectivity index (χ4n) is 2.83. The second kappa shape index (κ2) is 5.20. The molecule has 0 unspecified atom stereocenters. The van der Waals surface area contributed by atoms with E-state index in [4.69, 9.17) is 5.11 Å². The van der Waals surface area contributed by atoms with E-state index in [1.54, 1.807) is 4.90 Å². The van der Waals surface area contributed by atoms with E-state index < -0.39 is 11.9 Å². The third kappa shape index (κ3) is 2.37. The smallest absolute Gasteiger partial charge is 0.307 e. The van der Waals surface area contributed by atoms with Gasteiger partial charge in [-0.15, -0.1) is 0 Å². The van der Waals surface area contributed by atoms with Crippen LogP contribution in [0.3, 0.4) is 0 Å². The minimum atomic E-state index is -0.873. The highest BCUT2D eigenvalue weighted by Crippen LogP contribution is 2.41. The molecule has 0 spiro atoms. The zero-order valence-electron chi connectivity index (χ0n) is 11.8. The van der Waals surface area contributed by atoms with Crippen molar-refractivity contribution in [1.82, 2.24) is 0 Å². The lowest BCUT2D eigenvalue weighted by molar-refractivity contribution is -0.140. The van der Waals surface area contributed by atoms with Gasteiger partial charge in [0, 0.05) is 11.9 Å². The number of aliphatic carboxylic acids is 1. The molecule has 21 heavy (non-hydrogen) atoms. The minimum absolute atomic E-state index is 0.0822. The van der Waals surface area contributed by atoms with Gasteiger partial charge in [-0.1, -0.05) is 36.4 Å². The van der Waals surface area contributed by atoms with Crippen LogP contribution >= 0.6 is 0 Å². The van der Waals surface area contributed by atoms with Crippen molar-refractivity contribution in [1.29, 1.82) is 0 Å². The van der Waals surface area contributed by atoms with Crippen molar-refractivity contribution in [2.24, 2.45) is 11.8 Å². The van der Waals surface area contributed by atoms with E-state index in [0.29, 0.717) is 13.0 Å². The molecule has 1 N–H and O–H groups in total. The third-order valence-corrected chi connectivity index (χ3v) is 4.06. The van der Waals surface area contributed by atoms with Gasteiger partial charge in [0.1, 0.15) is 0 Å². The Bertz CT molecular complexity index is 705. The molecule has 2 atom stereocenters. The van der Waals surface area contributed by atoms with Crippen molar-refractivity contribution in [3.63, 3.8) is 0 Å². The van der Waals surface area contributed by atoms with Gasteiger partial charge < -0.3 is 10.0 Å². The molecule has 1 aliphatic rings. The first-order chi connectivity index (χ1) is 10.1. The molecule has 0 aromatic heterocycles. The molecular weight excluding hydrogens is 266 g/mol. The summed E-state index contributed by atoms with van der Waals surface area (Å²) in [6.07, 6.45) is 0.454. The number of carboxylic acid groups (broad SMARTS) is 1. The fourth-order valence-corrected chi connectivity index (χ4v) is 2.83. The highest BCUT2D eigenvalue weighted by atomic mass is 16.4. The van der Waals surface area contributed by atoms with E-state index in [0.717, 1.165) is 16.5 Å². The summed E-state index contributed by atoms with van der Waals surface area (Å²) < 4.78 is 0. The number of nitrogens with zero attached hydrogens (tertiary/aromatic N) is 1. The normalized spacial score (nSPS) is 20.2. The van der Waals surface area contributed by atoms with Gasteiger partial charge in [0.15, 0.2) is 0 Å². The van der Waals surface area contributed by atoms with Crippen LogP contribution in [0.4, 0.5) is 5.69 Å². The molecule has 0 bridgehead atoms. The molecule has 0 radical (unpaired) electrons. The molecule has 2 aromatic carbocycles. The Morgan fingerprint density at radius 1 is 1.14 bits per heavy atom. The highest BCUT2D eigenvalue weighted by Gasteiger charge is 2.49. The summed E-state index contributed by atoms with van der Waals surface area (Å²) in [6.45, 7) is 2.45. The van der Waals surface area contributed by atoms with Gasteiger partial charge >= 0.3 is 5.97 Å². The van der Waals surface area contributed by atoms with Crippen LogP contribution in [0.5, 0.6) is 0 Å². The van der Waals surface area contributed by atoms with Crippen LogP contribution in [0.25, 0.3) is 10.8 Å². The average Bonchev–Trinajstić information content (AvgIpc) is 3.29. The van der Waals surface area contributed by atoms with E-state index >= 15 is 0 Å². The average molecular weight is 283 g/mol. The number of carbonyl (C=O) groups is 2. The van der Waals surface area contributed by atoms with Crippen molar-refractivity contribution >= 4 is 28.3 Å². The molecule has 3 rings (SSSR count). The maximum atomic E-state index is 12.6. The van der Waals surface area contributed by atoms with Crippen molar-refractivity contribution in [3.8, 4) is 0 Å². The lowest BCUT2D eigenvalue weighted by atomic mass is 10.1. The molecular formula is C17H17NO3. The zero-order valence-corrected chi connectivity index (χ0v) is 11.8. The highest BCUT2D eigenvalue weighted by molar-refractivity contribution is 6.06. The fraction of sp³-hybridized carbons (Fsp3) is 0.294. The number of carboxylic acids is 1. The van der Waals surface area contributed by atoms with Crippen molar-refractivity contribution in [2.75, 3.05) is 11.4 Å². The Morgan fingerprint density at radius 3 is 2.52 bits per heavy atom. The second-order valence-electron chi connectivity index (χ2n) is 5.37. The largest absolute Gasteiger partial charge is 0.481 e. The Hall–Kier alpha value is -2.36. The van der Waals surface area contributed by atoms with Gasteiger partial charge in [0.25, 0.3) is 0 Å². The summed E-state index contributed by atoms with van der Waals surface area (Å²) in [4.78, 5) is 25.2. The number of carbonyl (C=O) groups excluding carboxylic acids is 1. The molecule has 1 amide bonds. The van der Waals surface area contributed by atoms with E-state index in [1.807, 2.05) is 49.4 Å². The summed E-state index contributed by atoms with van der Waals surface area (Å²) in [6, 6.07) is 13.8. The predicted molar refractivity (Wildman–Crippen MR) is 81.2 cm³/mol. The molecule has 1 saturated carbocycles. The first-order valence-corrected chi connectivity index (χ1v) is 7.15. The Labute approximate surface area is 123 Å². The van der Waals surface area contributed by atoms with E-state index in [2.05, 4.69) is 0 Å². The first-order valence-electron chi connectivity index (χ1n) is 7.15. The third-order valence-electron chi connectivity index (χ3n) is 4.06. The van der Waals surface area contributed by atoms with Crippen LogP contribution in [0.1, 0.15) is 13.3 Å². The number of hydrogen-bond acceptors (Lipinski definition) is 2. The van der Waals surface area contributed by atoms with Gasteiger partial charge in [-0.25, -0.2) is 0 Å². The number of amides is 1. The molecule has 1 aliphatic carbocycles. The summed E-state index contributed by atoms with van der Waals surface area (Å²) in [5.41, 5.74) is 0.858. The molecule has 2 aromatic rings. The van der Waals surface area contributed by atoms with Crippen LogP contribution in [-0.4, -0.2) is 23.5 Å². The SMILES string of the molecule is CCN(C(=O)[C@@H]1C[C@@H]1C(=O)O)c1cccc2ccccc12. The predicted octanol–water partition coefficient (Wildman–Crippen LogP) is 2.91. The molecule has 0 heterocycles. The van der Waals surface area contributed by atoms with Gasteiger partial charge in [0.2, 0.25) is 5.91 Å². The maximum Gasteiger partial charge on any atom is 0.307 e. The summed E-state index contributed by atoms with van der Waals surface area (Å²) in [5, 5.41) is 11.1. The van der Waals surface area contributed by atoms with Crippen LogP contribution < -0.4 is 4.90 Å². The molecule has 0 saturated heterocycles. The molecule has 108 valence electrons. The Balaban J connectivity index is 1.96. The van der Waals surface area contributed by atoms with Gasteiger partial charge in [-0.05, 0) is 24.8 Å². The molecule has 0 aliphatic heterocycles. The quantitative estimate of drug-likeness (QED) is 0.938. The van der Waals surface area contributed by atoms with Gasteiger partial charge in [-0.3, -0.25) is 9.59 Å². The maximum absolute atomic E-state index is 12.6. The van der Waals surface area contributed by atoms with Crippen LogP contribution in [0.2, 0.25) is 0 Å². The topological polar surface area (TPSA) is 57.6 Å². The Morgan fingerprint density at radius 2 is 1.86 bits per heavy atom. The van der Waals surface area contributed by atoms with Gasteiger partial charge in [-0.2, -0.15) is 0 Å². The van der Waals surface area contributed by atoms with Crippen LogP contribution in [0.15, 0.2) is 42.5 Å². The van der Waals surface area contributed by atoms with Crippen molar-refractivity contribution in [3.05, 3.63) is 42.5 Å². The number of fused-ring (bicyclic) bond motifs is 1. The molecule has 4 heteroatoms. The van der Waals surface area contributed by atoms with E-state index in [1.165, 1.54) is 0 Å². The van der Waals surface area contributed by atoms with Crippen LogP contribution in [0, 0.1) is 11.8 Å². The van der Waals surface area contributed by atoms with Gasteiger partial charge in [0.05, 0.1) is 17.5 Å². The van der Waals surface area contributed by atoms with E-state index in [-0.39, 0.29) is 11.8 Å². The monoisotopic (exact) mass is 283 g/mol. The lowest BCUT2D eigenvalue weighted by Gasteiger charge is -2.23. The lowest BCUT2D eigenvalue weighted by Crippen LogP contribution is -2.33. The minimum Gasteiger partial charge on any atom is -0.481 e. The van der Waals surface area contributed by atoms with E-state index in [9.17, 15) is 9.59 Å². The zero-order chi connectivity index (χ0) is 15.0. The molecule has 4 nitrogen and oxygen atoms in total. The van der Waals surface area contributed by atoms with Crippen LogP contribution in [-0.2, 0) is 9.59 Å². The Kier molecular flexibility index (Phi) is 3.37. The summed E-state index contributed by atoms with van der Waals surface area (Å²) in [5.74, 6) is -1.84. The van der Waals surface area contributed by atoms with Crippen molar-refractivity contribution in [2.45, 2.75) is 13.3 Å². The number of rotatable bonds is 4. The first kappa shape index (κ1) is 13.6. The summed E-state index contributed by atoms with van der Waals surface area (Å²) >= 11 is 0. The van der Waals surface area contributed by atoms with Crippen molar-refractivity contribution < 1.29 is 14.7 Å². The number of benzene rings is 2.